The summed E-state index contributed by atoms with van der Waals surface area (Å²) < 4.78 is 1.78. The zero-order chi connectivity index (χ0) is 16.2. The number of fused-ring (bicyclic) bond motifs is 1. The van der Waals surface area contributed by atoms with Gasteiger partial charge in [0, 0.05) is 12.4 Å². The highest BCUT2D eigenvalue weighted by atomic mass is 16.1. The largest absolute Gasteiger partial charge is 0.311 e. The van der Waals surface area contributed by atoms with E-state index in [9.17, 15) is 4.79 Å². The fraction of sp³-hybridized carbons (Fsp3) is 0.286. The molecular formula is C21H23NO. The number of pyridine rings is 1. The van der Waals surface area contributed by atoms with Crippen LogP contribution in [0.3, 0.4) is 0 Å². The average molecular weight is 305 g/mol. The first-order valence-corrected chi connectivity index (χ1v) is 8.40. The van der Waals surface area contributed by atoms with Gasteiger partial charge in [0.1, 0.15) is 0 Å². The molecule has 1 aromatic heterocycles. The van der Waals surface area contributed by atoms with Gasteiger partial charge in [0.25, 0.3) is 5.56 Å². The summed E-state index contributed by atoms with van der Waals surface area (Å²) in [5.74, 6) is 0. The van der Waals surface area contributed by atoms with Gasteiger partial charge in [-0.2, -0.15) is 0 Å². The maximum atomic E-state index is 13.0. The van der Waals surface area contributed by atoms with Crippen molar-refractivity contribution in [3.8, 4) is 11.1 Å². The van der Waals surface area contributed by atoms with Gasteiger partial charge in [-0.3, -0.25) is 4.79 Å². The normalized spacial score (nSPS) is 11.0. The Morgan fingerprint density at radius 1 is 0.913 bits per heavy atom. The molecule has 0 unspecified atom stereocenters. The second-order valence-corrected chi connectivity index (χ2v) is 6.06. The van der Waals surface area contributed by atoms with Crippen LogP contribution in [0.5, 0.6) is 0 Å². The van der Waals surface area contributed by atoms with Crippen molar-refractivity contribution in [2.75, 3.05) is 0 Å². The van der Waals surface area contributed by atoms with Gasteiger partial charge in [-0.15, -0.1) is 0 Å². The Morgan fingerprint density at radius 2 is 1.61 bits per heavy atom. The van der Waals surface area contributed by atoms with Crippen molar-refractivity contribution in [3.05, 3.63) is 70.5 Å². The molecule has 3 aromatic rings. The third-order valence-electron chi connectivity index (χ3n) is 4.50. The first kappa shape index (κ1) is 15.5. The summed E-state index contributed by atoms with van der Waals surface area (Å²) in [4.78, 5) is 13.0. The summed E-state index contributed by atoms with van der Waals surface area (Å²) >= 11 is 0. The third kappa shape index (κ3) is 2.94. The summed E-state index contributed by atoms with van der Waals surface area (Å²) in [5, 5.41) is 1.20. The summed E-state index contributed by atoms with van der Waals surface area (Å²) in [6, 6.07) is 18.3. The number of rotatable bonds is 5. The molecule has 0 atom stereocenters. The summed E-state index contributed by atoms with van der Waals surface area (Å²) in [6.45, 7) is 2.21. The van der Waals surface area contributed by atoms with E-state index in [4.69, 9.17) is 0 Å². The van der Waals surface area contributed by atoms with E-state index >= 15 is 0 Å². The Balaban J connectivity index is 2.30. The number of benzene rings is 2. The molecule has 2 heteroatoms. The maximum Gasteiger partial charge on any atom is 0.258 e. The van der Waals surface area contributed by atoms with Crippen molar-refractivity contribution >= 4 is 10.9 Å². The van der Waals surface area contributed by atoms with Gasteiger partial charge in [-0.1, -0.05) is 68.3 Å². The van der Waals surface area contributed by atoms with Crippen molar-refractivity contribution in [2.24, 2.45) is 7.05 Å². The fourth-order valence-electron chi connectivity index (χ4n) is 3.28. The summed E-state index contributed by atoms with van der Waals surface area (Å²) in [5.41, 5.74) is 4.20. The van der Waals surface area contributed by atoms with Gasteiger partial charge < -0.3 is 4.57 Å². The highest BCUT2D eigenvalue weighted by Crippen LogP contribution is 2.28. The standard InChI is InChI=1S/C21H23NO/c1-3-4-6-14-18-17-13-9-10-15-19(17)22(2)21(23)20(18)16-11-7-5-8-12-16/h5,7-13,15H,3-4,6,14H2,1-2H3. The number of para-hydroxylation sites is 1. The van der Waals surface area contributed by atoms with E-state index in [-0.39, 0.29) is 5.56 Å². The van der Waals surface area contributed by atoms with Gasteiger partial charge in [0.2, 0.25) is 0 Å². The van der Waals surface area contributed by atoms with Crippen molar-refractivity contribution in [1.29, 1.82) is 0 Å². The SMILES string of the molecule is CCCCCc1c(-c2ccccc2)c(=O)n(C)c2ccccc12. The molecule has 0 amide bonds. The molecule has 0 aliphatic rings. The summed E-state index contributed by atoms with van der Waals surface area (Å²) in [7, 11) is 1.87. The van der Waals surface area contributed by atoms with E-state index in [1.807, 2.05) is 49.5 Å². The minimum absolute atomic E-state index is 0.0985. The summed E-state index contributed by atoms with van der Waals surface area (Å²) in [6.07, 6.45) is 4.45. The monoisotopic (exact) mass is 305 g/mol. The quantitative estimate of drug-likeness (QED) is 0.612. The van der Waals surface area contributed by atoms with Crippen molar-refractivity contribution in [1.82, 2.24) is 4.57 Å². The molecule has 0 radical (unpaired) electrons. The third-order valence-corrected chi connectivity index (χ3v) is 4.50. The highest BCUT2D eigenvalue weighted by Gasteiger charge is 2.16. The first-order chi connectivity index (χ1) is 11.2. The Bertz CT molecular complexity index is 862. The van der Waals surface area contributed by atoms with Crippen LogP contribution < -0.4 is 5.56 Å². The molecule has 0 N–H and O–H groups in total. The molecular weight excluding hydrogens is 282 g/mol. The molecule has 0 aliphatic carbocycles. The predicted molar refractivity (Wildman–Crippen MR) is 97.9 cm³/mol. The predicted octanol–water partition coefficient (Wildman–Crippen LogP) is 4.94. The van der Waals surface area contributed by atoms with E-state index in [0.29, 0.717) is 0 Å². The van der Waals surface area contributed by atoms with E-state index in [2.05, 4.69) is 19.1 Å². The number of unbranched alkanes of at least 4 members (excludes halogenated alkanes) is 2. The van der Waals surface area contributed by atoms with Crippen molar-refractivity contribution < 1.29 is 0 Å². The van der Waals surface area contributed by atoms with Gasteiger partial charge in [-0.05, 0) is 30.0 Å². The zero-order valence-electron chi connectivity index (χ0n) is 13.9. The molecule has 0 spiro atoms. The smallest absolute Gasteiger partial charge is 0.258 e. The van der Waals surface area contributed by atoms with E-state index in [1.54, 1.807) is 4.57 Å². The number of aromatic nitrogens is 1. The fourth-order valence-corrected chi connectivity index (χ4v) is 3.28. The highest BCUT2D eigenvalue weighted by molar-refractivity contribution is 5.89. The lowest BCUT2D eigenvalue weighted by molar-refractivity contribution is 0.718. The Kier molecular flexibility index (Phi) is 4.61. The maximum absolute atomic E-state index is 13.0. The van der Waals surface area contributed by atoms with Crippen molar-refractivity contribution in [2.45, 2.75) is 32.6 Å². The molecule has 0 bridgehead atoms. The van der Waals surface area contributed by atoms with Crippen LogP contribution in [0.15, 0.2) is 59.4 Å². The van der Waals surface area contributed by atoms with Crippen LogP contribution in [0, 0.1) is 0 Å². The van der Waals surface area contributed by atoms with Crippen LogP contribution in [0.1, 0.15) is 31.7 Å². The van der Waals surface area contributed by atoms with E-state index in [0.717, 1.165) is 29.5 Å². The Morgan fingerprint density at radius 3 is 2.35 bits per heavy atom. The topological polar surface area (TPSA) is 22.0 Å². The van der Waals surface area contributed by atoms with E-state index in [1.165, 1.54) is 23.8 Å². The minimum Gasteiger partial charge on any atom is -0.311 e. The number of hydrogen-bond acceptors (Lipinski definition) is 1. The molecule has 118 valence electrons. The Hall–Kier alpha value is -2.35. The van der Waals surface area contributed by atoms with Gasteiger partial charge in [0.05, 0.1) is 11.1 Å². The molecule has 0 saturated carbocycles. The average Bonchev–Trinajstić information content (AvgIpc) is 2.60. The Labute approximate surface area is 137 Å². The minimum atomic E-state index is 0.0985. The molecule has 0 fully saturated rings. The van der Waals surface area contributed by atoms with Gasteiger partial charge in [0.15, 0.2) is 0 Å². The molecule has 2 aromatic carbocycles. The van der Waals surface area contributed by atoms with Crippen LogP contribution in [0.25, 0.3) is 22.0 Å². The zero-order valence-corrected chi connectivity index (χ0v) is 13.9. The van der Waals surface area contributed by atoms with Crippen LogP contribution in [-0.4, -0.2) is 4.57 Å². The molecule has 0 saturated heterocycles. The first-order valence-electron chi connectivity index (χ1n) is 8.40. The molecule has 1 heterocycles. The van der Waals surface area contributed by atoms with Crippen LogP contribution in [0.4, 0.5) is 0 Å². The van der Waals surface area contributed by atoms with Gasteiger partial charge >= 0.3 is 0 Å². The molecule has 0 aliphatic heterocycles. The van der Waals surface area contributed by atoms with Gasteiger partial charge in [-0.25, -0.2) is 0 Å². The number of nitrogens with zero attached hydrogens (tertiary/aromatic N) is 1. The molecule has 2 nitrogen and oxygen atoms in total. The molecule has 3 rings (SSSR count). The van der Waals surface area contributed by atoms with Crippen LogP contribution >= 0.6 is 0 Å². The van der Waals surface area contributed by atoms with Crippen molar-refractivity contribution in [3.63, 3.8) is 0 Å². The second-order valence-electron chi connectivity index (χ2n) is 6.06. The number of aryl methyl sites for hydroxylation is 2. The lowest BCUT2D eigenvalue weighted by atomic mass is 9.93. The lowest BCUT2D eigenvalue weighted by Gasteiger charge is -2.16. The van der Waals surface area contributed by atoms with Crippen LogP contribution in [-0.2, 0) is 13.5 Å². The lowest BCUT2D eigenvalue weighted by Crippen LogP contribution is -2.21. The number of hydrogen-bond donors (Lipinski definition) is 0. The second kappa shape index (κ2) is 6.82. The van der Waals surface area contributed by atoms with E-state index < -0.39 is 0 Å². The molecule has 23 heavy (non-hydrogen) atoms. The van der Waals surface area contributed by atoms with Crippen LogP contribution in [0.2, 0.25) is 0 Å².